The number of nitrogens with zero attached hydrogens (tertiary/aromatic N) is 19. The number of aromatic nitrogens is 16. The molecule has 8 aromatic heterocycles. The molecule has 0 radical (unpaired) electrons. The minimum absolute atomic E-state index is 0.0592. The number of sulfone groups is 4. The van der Waals surface area contributed by atoms with Gasteiger partial charge in [-0.15, -0.1) is 0 Å². The van der Waals surface area contributed by atoms with Crippen LogP contribution in [0, 0.1) is 51.4 Å². The van der Waals surface area contributed by atoms with Crippen LogP contribution in [-0.4, -0.2) is 220 Å². The van der Waals surface area contributed by atoms with Gasteiger partial charge >= 0.3 is 36.2 Å². The summed E-state index contributed by atoms with van der Waals surface area (Å²) in [6.07, 6.45) is 13.2. The van der Waals surface area contributed by atoms with Crippen LogP contribution in [0.2, 0.25) is 5.28 Å². The lowest BCUT2D eigenvalue weighted by molar-refractivity contribution is -0.193. The Hall–Kier alpha value is -12.9. The van der Waals surface area contributed by atoms with E-state index in [1.165, 1.54) is 26.2 Å². The molecular weight excluding hydrogens is 1900 g/mol. The molecule has 744 valence electrons. The van der Waals surface area contributed by atoms with Crippen LogP contribution < -0.4 is 20.0 Å². The van der Waals surface area contributed by atoms with E-state index in [1.54, 1.807) is 68.6 Å². The molecule has 4 aliphatic heterocycles. The third-order valence-electron chi connectivity index (χ3n) is 23.7. The number of carbonyl (C=O) groups is 4. The van der Waals surface area contributed by atoms with Gasteiger partial charge < -0.3 is 68.2 Å². The van der Waals surface area contributed by atoms with E-state index in [9.17, 15) is 73.3 Å². The highest BCUT2D eigenvalue weighted by molar-refractivity contribution is 7.91. The second-order valence-corrected chi connectivity index (χ2v) is 43.2. The van der Waals surface area contributed by atoms with Crippen molar-refractivity contribution in [2.24, 2.45) is 23.7 Å². The molecule has 0 unspecified atom stereocenters. The number of anilines is 3. The molecule has 5 N–H and O–H groups in total. The first-order chi connectivity index (χ1) is 65.3. The number of carboxylic acid groups (broad SMARTS) is 2. The van der Waals surface area contributed by atoms with E-state index >= 15 is 0 Å². The number of aliphatic hydroxyl groups is 2. The molecule has 0 aliphatic carbocycles. The normalized spacial score (nSPS) is 15.6. The molecule has 12 heterocycles. The first kappa shape index (κ1) is 108. The fourth-order valence-corrected chi connectivity index (χ4v) is 21.2. The zero-order chi connectivity index (χ0) is 103. The lowest BCUT2D eigenvalue weighted by Gasteiger charge is -2.38. The highest BCUT2D eigenvalue weighted by Gasteiger charge is 2.40. The van der Waals surface area contributed by atoms with E-state index in [1.807, 2.05) is 66.7 Å². The van der Waals surface area contributed by atoms with E-state index in [0.717, 1.165) is 113 Å². The number of rotatable bonds is 21. The van der Waals surface area contributed by atoms with E-state index < -0.39 is 76.4 Å². The number of hydrogen-bond acceptors (Lipinski definition) is 36. The Morgan fingerprint density at radius 1 is 0.410 bits per heavy atom. The molecule has 0 amide bonds. The van der Waals surface area contributed by atoms with Crippen molar-refractivity contribution >= 4 is 149 Å². The smallest absolute Gasteiger partial charge is 0.373 e. The molecule has 0 saturated carbocycles. The zero-order valence-corrected chi connectivity index (χ0v) is 84.6. The van der Waals surface area contributed by atoms with Gasteiger partial charge in [0.15, 0.2) is 39.3 Å². The summed E-state index contributed by atoms with van der Waals surface area (Å²) in [5.41, 5.74) is 12.2. The molecule has 0 saturated heterocycles. The van der Waals surface area contributed by atoms with Gasteiger partial charge in [0.2, 0.25) is 23.1 Å². The second-order valence-electron chi connectivity index (χ2n) is 34.9. The van der Waals surface area contributed by atoms with Crippen LogP contribution in [0.3, 0.4) is 0 Å². The van der Waals surface area contributed by atoms with Crippen molar-refractivity contribution in [2.75, 3.05) is 65.9 Å². The minimum atomic E-state index is -3.54. The van der Waals surface area contributed by atoms with Crippen LogP contribution in [-0.2, 0) is 143 Å². The number of imidazole rings is 4. The molecule has 139 heavy (non-hydrogen) atoms. The summed E-state index contributed by atoms with van der Waals surface area (Å²) in [7, 11) is -14.0. The Morgan fingerprint density at radius 2 is 0.698 bits per heavy atom. The summed E-state index contributed by atoms with van der Waals surface area (Å²) in [5.74, 6) is 2.53. The SMILES string of the molecule is CC(=O)OCc1cc2nc3n(c2cc1S(C)(=O)=O)CCN[C@@H]3C(C)C.CCc1cnc(Cl)nc1C.CCc1cnc(N2CCn3c(nc4cc(COC(C)=O)c(S(C)(=O)=O)cc43)[C@H]2C(C)C)nc1C.Cc1nc(N2CCn3c(nc4cc(CO)c(S(C)(=O)=O)cc43)[C@@H]2C(C)C)ncc1C(=O)O.Cc1nc(N2CCn3c(nc4cc(CO)c(S(C)(=O)=O)cc43)[C@H]2C(C)C)ncc1C(=O)O.O=C=O.O=C=O. The fourth-order valence-electron chi connectivity index (χ4n) is 17.4. The van der Waals surface area contributed by atoms with E-state index in [2.05, 4.69) is 95.8 Å². The van der Waals surface area contributed by atoms with Crippen molar-refractivity contribution in [1.29, 1.82) is 0 Å². The van der Waals surface area contributed by atoms with Crippen LogP contribution in [0.5, 0.6) is 0 Å². The van der Waals surface area contributed by atoms with E-state index in [0.29, 0.717) is 130 Å². The maximum absolute atomic E-state index is 12.5. The number of fused-ring (bicyclic) bond motifs is 12. The number of hydrogen-bond donors (Lipinski definition) is 5. The number of esters is 2. The molecule has 0 spiro atoms. The fraction of sp³-hybridized carbons (Fsp3) is 0.457. The van der Waals surface area contributed by atoms with Crippen LogP contribution >= 0.6 is 11.6 Å². The summed E-state index contributed by atoms with van der Waals surface area (Å²) >= 11 is 5.55. The van der Waals surface area contributed by atoms with Gasteiger partial charge in [-0.3, -0.25) is 9.59 Å². The molecule has 0 bridgehead atoms. The Morgan fingerprint density at radius 3 is 0.971 bits per heavy atom. The number of halogens is 1. The van der Waals surface area contributed by atoms with E-state index in [-0.39, 0.29) is 98.1 Å². The zero-order valence-electron chi connectivity index (χ0n) is 80.6. The average molecular weight is 2010 g/mol. The van der Waals surface area contributed by atoms with Gasteiger partial charge in [-0.2, -0.15) is 19.2 Å². The van der Waals surface area contributed by atoms with Gasteiger partial charge in [0, 0.05) is 139 Å². The number of benzene rings is 4. The van der Waals surface area contributed by atoms with Gasteiger partial charge in [-0.05, 0) is 147 Å². The maximum atomic E-state index is 12.5. The Balaban J connectivity index is 0.000000182. The number of aryl methyl sites for hydroxylation is 6. The molecule has 16 rings (SSSR count). The first-order valence-electron chi connectivity index (χ1n) is 44.2. The van der Waals surface area contributed by atoms with Gasteiger partial charge in [0.1, 0.15) is 36.5 Å². The number of nitrogens with one attached hydrogen (secondary N) is 1. The minimum Gasteiger partial charge on any atom is -0.478 e. The number of carboxylic acids is 2. The van der Waals surface area contributed by atoms with Crippen molar-refractivity contribution < 1.29 is 102 Å². The molecule has 4 aromatic carbocycles. The summed E-state index contributed by atoms with van der Waals surface area (Å²) in [6.45, 7) is 34.7. The van der Waals surface area contributed by atoms with Gasteiger partial charge in [-0.1, -0.05) is 69.2 Å². The van der Waals surface area contributed by atoms with Gasteiger partial charge in [-0.25, -0.2) is 103 Å². The third-order valence-corrected chi connectivity index (χ3v) is 28.6. The Labute approximate surface area is 808 Å². The topological polar surface area (TPSA) is 569 Å². The van der Waals surface area contributed by atoms with Crippen molar-refractivity contribution in [2.45, 2.75) is 220 Å². The van der Waals surface area contributed by atoms with Gasteiger partial charge in [0.25, 0.3) is 0 Å². The number of carbonyl (C=O) groups excluding carboxylic acids is 6. The predicted molar refractivity (Wildman–Crippen MR) is 509 cm³/mol. The lowest BCUT2D eigenvalue weighted by Crippen LogP contribution is -2.42. The number of aliphatic hydroxyl groups excluding tert-OH is 2. The second kappa shape index (κ2) is 44.9. The van der Waals surface area contributed by atoms with Gasteiger partial charge in [0.05, 0.1) is 124 Å². The quantitative estimate of drug-likeness (QED) is 0.0330. The average Bonchev–Trinajstić information content (AvgIpc) is 1.60. The molecule has 4 aliphatic rings. The van der Waals surface area contributed by atoms with Crippen LogP contribution in [0.15, 0.2) is 92.9 Å². The summed E-state index contributed by atoms with van der Waals surface area (Å²) in [5, 5.41) is 41.7. The van der Waals surface area contributed by atoms with Crippen molar-refractivity contribution in [3.05, 3.63) is 169 Å². The Kier molecular flexibility index (Phi) is 34.9. The molecule has 12 aromatic rings. The van der Waals surface area contributed by atoms with Crippen LogP contribution in [0.1, 0.15) is 207 Å². The predicted octanol–water partition coefficient (Wildman–Crippen LogP) is 9.91. The third kappa shape index (κ3) is 24.5. The summed E-state index contributed by atoms with van der Waals surface area (Å²) in [6, 6.07) is 12.8. The molecule has 4 atom stereocenters. The molecule has 0 fully saturated rings. The largest absolute Gasteiger partial charge is 0.478 e. The Bertz CT molecular complexity index is 7040. The molecule has 47 heteroatoms. The lowest BCUT2D eigenvalue weighted by atomic mass is 10.00. The number of aromatic carboxylic acids is 2. The first-order valence-corrected chi connectivity index (χ1v) is 52.1. The standard InChI is InChI=1S/C24H31N5O4S.2C21H25N5O5S.C17H23N3O4S.C7H9ClN2.2CO2/c1-7-17-12-25-24(26-15(17)4)29-9-8-28-20-11-21(34(6,31)32)18(13-33-16(5)30)10-19(20)27-23(28)22(29)14(2)3;2*1-11(2)18-19-24-15-7-13(10-27)17(32(4,30)31)8-16(15)25(19)5-6-26(18)21-22-9-14(20(28)29)12(3)23-21;1-10(2)16-17-19-13-7-12(9-24-11(3)21)15(25(4,22)23)8-14(13)20(17)6-5-18-16;1-3-6-4-9-7(8)10-5(6)2;2*2-1-3/h10-12,14,22H,7-9,13H2,1-6H3;2*7-9,11,18,27H,5-6,10H2,1-4H3,(H,28,29);7-8,10,16,18H,5-6,9H2,1-4H3;4H,3H2,1-2H3;;/t22-;2*18-;16-;;;/m1101.../s1. The highest BCUT2D eigenvalue weighted by Crippen LogP contribution is 2.43. The molecular formula is C92H113ClN20O22S4. The monoisotopic (exact) mass is 2010 g/mol. The van der Waals surface area contributed by atoms with Crippen LogP contribution in [0.25, 0.3) is 44.1 Å². The summed E-state index contributed by atoms with van der Waals surface area (Å²) in [4.78, 5) is 138. The summed E-state index contributed by atoms with van der Waals surface area (Å²) < 4.78 is 117. The van der Waals surface area contributed by atoms with Crippen molar-refractivity contribution in [1.82, 2.24) is 83.4 Å². The molecule has 42 nitrogen and oxygen atoms in total. The van der Waals surface area contributed by atoms with Crippen molar-refractivity contribution in [3.63, 3.8) is 0 Å². The maximum Gasteiger partial charge on any atom is 0.373 e. The van der Waals surface area contributed by atoms with Crippen molar-refractivity contribution in [3.8, 4) is 0 Å². The van der Waals surface area contributed by atoms with Crippen LogP contribution in [0.4, 0.5) is 17.8 Å². The number of ether oxygens (including phenoxy) is 2. The van der Waals surface area contributed by atoms with E-state index in [4.69, 9.17) is 65.2 Å². The highest BCUT2D eigenvalue weighted by atomic mass is 35.5.